The molecule has 1 aromatic carbocycles. The summed E-state index contributed by atoms with van der Waals surface area (Å²) in [6, 6.07) is 6.27. The maximum absolute atomic E-state index is 9.05. The Balaban J connectivity index is 0. The van der Waals surface area contributed by atoms with Crippen LogP contribution in [0.3, 0.4) is 0 Å². The second kappa shape index (κ2) is 19.7. The molecule has 154 valence electrons. The van der Waals surface area contributed by atoms with Gasteiger partial charge in [0.15, 0.2) is 0 Å². The van der Waals surface area contributed by atoms with Crippen LogP contribution >= 0.6 is 30.4 Å². The summed E-state index contributed by atoms with van der Waals surface area (Å²) >= 11 is 2.05. The van der Waals surface area contributed by atoms with E-state index in [1.165, 1.54) is 46.0 Å². The molecule has 1 unspecified atom stereocenters. The van der Waals surface area contributed by atoms with Crippen molar-refractivity contribution in [1.82, 2.24) is 0 Å². The number of aliphatic hydroxyl groups excluding tert-OH is 1. The van der Waals surface area contributed by atoms with Crippen LogP contribution < -0.4 is 10.5 Å². The lowest BCUT2D eigenvalue weighted by Gasteiger charge is -2.10. The highest BCUT2D eigenvalue weighted by Crippen LogP contribution is 2.27. The first-order chi connectivity index (χ1) is 12.5. The van der Waals surface area contributed by atoms with Crippen LogP contribution in [-0.4, -0.2) is 32.0 Å². The number of quaternary nitrogens is 1. The molecule has 0 amide bonds. The lowest BCUT2D eigenvalue weighted by Crippen LogP contribution is -2.51. The standard InChI is InChI=1S/C10H15NO.C7H14O.C2H6.CH3IOS/c1-8-7-9(5-6-11)3-4-10(8)12-2;1-6(8)7-4-2-3-5-7;1-2;1-3-4-2/h3-4,7H,5-6,11H2,1-2H3;6-8H,2-5H2,1H3;1-2H3;1H3/p+1. The van der Waals surface area contributed by atoms with Crippen LogP contribution in [0.15, 0.2) is 18.2 Å². The van der Waals surface area contributed by atoms with E-state index in [1.54, 1.807) is 14.2 Å². The zero-order valence-corrected chi connectivity index (χ0v) is 20.4. The Morgan fingerprint density at radius 3 is 2.12 bits per heavy atom. The molecular formula is C20H39INO3S+. The lowest BCUT2D eigenvalue weighted by molar-refractivity contribution is -0.366. The zero-order valence-electron chi connectivity index (χ0n) is 17.4. The molecule has 0 bridgehead atoms. The average molecular weight is 501 g/mol. The topological polar surface area (TPSA) is 66.3 Å². The first-order valence-corrected chi connectivity index (χ1v) is 12.7. The third kappa shape index (κ3) is 14.1. The molecule has 6 heteroatoms. The summed E-state index contributed by atoms with van der Waals surface area (Å²) in [5.74, 6) is 1.58. The van der Waals surface area contributed by atoms with E-state index in [1.807, 2.05) is 48.0 Å². The Labute approximate surface area is 177 Å². The molecule has 0 aromatic heterocycles. The van der Waals surface area contributed by atoms with E-state index in [-0.39, 0.29) is 6.10 Å². The Kier molecular flexibility index (Phi) is 21.4. The Hall–Kier alpha value is -0.0200. The Morgan fingerprint density at radius 2 is 1.81 bits per heavy atom. The number of hydrogen-bond acceptors (Lipinski definition) is 4. The Morgan fingerprint density at radius 1 is 1.27 bits per heavy atom. The van der Waals surface area contributed by atoms with Crippen molar-refractivity contribution >= 4 is 30.4 Å². The van der Waals surface area contributed by atoms with Crippen LogP contribution in [0.5, 0.6) is 5.75 Å². The fourth-order valence-corrected chi connectivity index (χ4v) is 2.74. The van der Waals surface area contributed by atoms with E-state index in [9.17, 15) is 0 Å². The van der Waals surface area contributed by atoms with Gasteiger partial charge in [-0.05, 0) is 49.8 Å². The predicted molar refractivity (Wildman–Crippen MR) is 123 cm³/mol. The van der Waals surface area contributed by atoms with Crippen molar-refractivity contribution in [1.29, 1.82) is 0 Å². The number of aryl methyl sites for hydroxylation is 1. The highest BCUT2D eigenvalue weighted by atomic mass is 127. The van der Waals surface area contributed by atoms with Crippen molar-refractivity contribution < 1.29 is 19.8 Å². The van der Waals surface area contributed by atoms with Gasteiger partial charge in [0.25, 0.3) is 0 Å². The maximum Gasteiger partial charge on any atom is 0.121 e. The second-order valence-electron chi connectivity index (χ2n) is 5.92. The molecule has 1 aliphatic carbocycles. The maximum atomic E-state index is 9.05. The van der Waals surface area contributed by atoms with Gasteiger partial charge in [-0.15, -0.1) is 0 Å². The molecule has 2 rings (SSSR count). The quantitative estimate of drug-likeness (QED) is 0.441. The van der Waals surface area contributed by atoms with Gasteiger partial charge in [0.05, 0.1) is 36.1 Å². The van der Waals surface area contributed by atoms with Gasteiger partial charge in [-0.1, -0.05) is 38.8 Å². The molecule has 4 nitrogen and oxygen atoms in total. The lowest BCUT2D eigenvalue weighted by atomic mass is 10.0. The van der Waals surface area contributed by atoms with Crippen molar-refractivity contribution in [2.24, 2.45) is 5.92 Å². The van der Waals surface area contributed by atoms with E-state index < -0.39 is 0 Å². The highest BCUT2D eigenvalue weighted by Gasteiger charge is 2.18. The van der Waals surface area contributed by atoms with Gasteiger partial charge >= 0.3 is 0 Å². The van der Waals surface area contributed by atoms with Crippen molar-refractivity contribution in [2.45, 2.75) is 65.9 Å². The predicted octanol–water partition coefficient (Wildman–Crippen LogP) is 5.00. The summed E-state index contributed by atoms with van der Waals surface area (Å²) in [4.78, 5) is 0. The van der Waals surface area contributed by atoms with Crippen LogP contribution in [0, 0.1) is 12.8 Å². The molecular weight excluding hydrogens is 461 g/mol. The smallest absolute Gasteiger partial charge is 0.121 e. The van der Waals surface area contributed by atoms with Crippen LogP contribution in [-0.2, 0) is 10.6 Å². The number of hydrogen-bond donors (Lipinski definition) is 2. The van der Waals surface area contributed by atoms with Crippen LogP contribution in [0.1, 0.15) is 57.6 Å². The van der Waals surface area contributed by atoms with Gasteiger partial charge in [-0.2, -0.15) is 0 Å². The van der Waals surface area contributed by atoms with Gasteiger partial charge in [0, 0.05) is 27.6 Å². The molecule has 1 atom stereocenters. The molecule has 0 radical (unpaired) electrons. The van der Waals surface area contributed by atoms with Crippen LogP contribution in [0.25, 0.3) is 0 Å². The highest BCUT2D eigenvalue weighted by molar-refractivity contribution is 14.2. The fourth-order valence-electron chi connectivity index (χ4n) is 2.74. The summed E-state index contributed by atoms with van der Waals surface area (Å²) in [5.41, 5.74) is 6.36. The minimum Gasteiger partial charge on any atom is -0.496 e. The van der Waals surface area contributed by atoms with E-state index >= 15 is 0 Å². The van der Waals surface area contributed by atoms with E-state index in [4.69, 9.17) is 9.84 Å². The SMILES string of the molecule is CC.CC(O)C1CCCC1.COSI.COc1ccc(CC[NH3+])cc1C. The average Bonchev–Trinajstić information content (AvgIpc) is 3.20. The summed E-state index contributed by atoms with van der Waals surface area (Å²) in [6.45, 7) is 8.91. The molecule has 0 spiro atoms. The largest absolute Gasteiger partial charge is 0.496 e. The third-order valence-electron chi connectivity index (χ3n) is 4.07. The number of aliphatic hydroxyl groups is 1. The summed E-state index contributed by atoms with van der Waals surface area (Å²) < 4.78 is 9.61. The molecule has 1 aliphatic rings. The van der Waals surface area contributed by atoms with Gasteiger partial charge in [0.1, 0.15) is 5.75 Å². The van der Waals surface area contributed by atoms with E-state index in [2.05, 4.69) is 29.0 Å². The minimum absolute atomic E-state index is 0.0579. The number of methoxy groups -OCH3 is 1. The van der Waals surface area contributed by atoms with Gasteiger partial charge in [-0.3, -0.25) is 0 Å². The molecule has 26 heavy (non-hydrogen) atoms. The first kappa shape index (κ1) is 28.2. The van der Waals surface area contributed by atoms with Crippen molar-refractivity contribution in [3.8, 4) is 5.75 Å². The molecule has 1 saturated carbocycles. The van der Waals surface area contributed by atoms with Crippen molar-refractivity contribution in [2.75, 3.05) is 20.8 Å². The third-order valence-corrected chi connectivity index (χ3v) is 5.27. The monoisotopic (exact) mass is 500 g/mol. The molecule has 1 aromatic rings. The summed E-state index contributed by atoms with van der Waals surface area (Å²) in [5, 5.41) is 9.05. The normalized spacial score (nSPS) is 14.0. The number of ether oxygens (including phenoxy) is 1. The Bertz CT molecular complexity index is 426. The molecule has 0 saturated heterocycles. The number of halogens is 1. The van der Waals surface area contributed by atoms with E-state index in [0.29, 0.717) is 5.92 Å². The second-order valence-corrected chi connectivity index (χ2v) is 7.46. The first-order valence-electron chi connectivity index (χ1n) is 9.42. The molecule has 0 heterocycles. The summed E-state index contributed by atoms with van der Waals surface area (Å²) in [7, 11) is 4.66. The van der Waals surface area contributed by atoms with Crippen LogP contribution in [0.2, 0.25) is 0 Å². The van der Waals surface area contributed by atoms with Gasteiger partial charge in [-0.25, -0.2) is 0 Å². The van der Waals surface area contributed by atoms with Crippen molar-refractivity contribution in [3.05, 3.63) is 29.3 Å². The van der Waals surface area contributed by atoms with Crippen LogP contribution in [0.4, 0.5) is 0 Å². The van der Waals surface area contributed by atoms with Gasteiger partial charge in [0.2, 0.25) is 0 Å². The zero-order chi connectivity index (χ0) is 20.4. The molecule has 4 N–H and O–H groups in total. The minimum atomic E-state index is -0.0579. The summed E-state index contributed by atoms with van der Waals surface area (Å²) in [6.07, 6.45) is 6.14. The van der Waals surface area contributed by atoms with Gasteiger partial charge < -0.3 is 19.8 Å². The number of rotatable bonds is 5. The fraction of sp³-hybridized carbons (Fsp3) is 0.700. The molecule has 1 fully saturated rings. The van der Waals surface area contributed by atoms with E-state index in [0.717, 1.165) is 18.7 Å². The molecule has 0 aliphatic heterocycles. The van der Waals surface area contributed by atoms with Crippen molar-refractivity contribution in [3.63, 3.8) is 0 Å². The number of benzene rings is 1.